The fourth-order valence-electron chi connectivity index (χ4n) is 3.66. The maximum Gasteiger partial charge on any atom is 0.228 e. The van der Waals surface area contributed by atoms with Gasteiger partial charge in [-0.25, -0.2) is 0 Å². The first kappa shape index (κ1) is 19.2. The lowest BCUT2D eigenvalue weighted by molar-refractivity contribution is -0.115. The van der Waals surface area contributed by atoms with Crippen LogP contribution in [-0.4, -0.2) is 44.0 Å². The zero-order valence-corrected chi connectivity index (χ0v) is 16.8. The van der Waals surface area contributed by atoms with Crippen LogP contribution in [-0.2, 0) is 11.2 Å². The van der Waals surface area contributed by atoms with Gasteiger partial charge in [0.1, 0.15) is 0 Å². The van der Waals surface area contributed by atoms with Crippen molar-refractivity contribution in [3.05, 3.63) is 84.4 Å². The quantitative estimate of drug-likeness (QED) is 0.712. The average molecular weight is 386 g/mol. The molecule has 1 fully saturated rings. The standard InChI is InChI=1S/C25H27N3O/c1-27-15-17-28(18-16-27)24-13-11-23(12-14-24)26-25(29)19-20-7-9-22(10-8-20)21-5-3-2-4-6-21/h2-14H,15-19H2,1H3,(H,26,29). The molecule has 3 aromatic carbocycles. The van der Waals surface area contributed by atoms with E-state index in [0.29, 0.717) is 6.42 Å². The largest absolute Gasteiger partial charge is 0.369 e. The van der Waals surface area contributed by atoms with Crippen molar-refractivity contribution in [3.8, 4) is 11.1 Å². The molecule has 1 heterocycles. The summed E-state index contributed by atoms with van der Waals surface area (Å²) in [4.78, 5) is 17.2. The van der Waals surface area contributed by atoms with Crippen molar-refractivity contribution in [1.82, 2.24) is 4.90 Å². The summed E-state index contributed by atoms with van der Waals surface area (Å²) in [5, 5.41) is 3.01. The van der Waals surface area contributed by atoms with Crippen molar-refractivity contribution in [2.24, 2.45) is 0 Å². The SMILES string of the molecule is CN1CCN(c2ccc(NC(=O)Cc3ccc(-c4ccccc4)cc3)cc2)CC1. The van der Waals surface area contributed by atoms with Crippen LogP contribution >= 0.6 is 0 Å². The Morgan fingerprint density at radius 1 is 0.793 bits per heavy atom. The van der Waals surface area contributed by atoms with Crippen LogP contribution in [0.5, 0.6) is 0 Å². The summed E-state index contributed by atoms with van der Waals surface area (Å²) in [7, 11) is 2.16. The van der Waals surface area contributed by atoms with E-state index in [-0.39, 0.29) is 5.91 Å². The monoisotopic (exact) mass is 385 g/mol. The topological polar surface area (TPSA) is 35.6 Å². The van der Waals surface area contributed by atoms with Crippen molar-refractivity contribution in [2.45, 2.75) is 6.42 Å². The molecule has 0 saturated carbocycles. The molecule has 0 unspecified atom stereocenters. The van der Waals surface area contributed by atoms with Gasteiger partial charge in [-0.1, -0.05) is 54.6 Å². The molecule has 29 heavy (non-hydrogen) atoms. The van der Waals surface area contributed by atoms with E-state index < -0.39 is 0 Å². The minimum Gasteiger partial charge on any atom is -0.369 e. The highest BCUT2D eigenvalue weighted by molar-refractivity contribution is 5.92. The summed E-state index contributed by atoms with van der Waals surface area (Å²) in [5.41, 5.74) is 5.41. The molecule has 4 heteroatoms. The normalized spacial score (nSPS) is 14.6. The molecule has 0 radical (unpaired) electrons. The van der Waals surface area contributed by atoms with E-state index in [9.17, 15) is 4.79 Å². The van der Waals surface area contributed by atoms with Crippen LogP contribution < -0.4 is 10.2 Å². The minimum absolute atomic E-state index is 0.00445. The van der Waals surface area contributed by atoms with E-state index >= 15 is 0 Å². The molecule has 0 bridgehead atoms. The molecule has 4 nitrogen and oxygen atoms in total. The average Bonchev–Trinajstić information content (AvgIpc) is 2.76. The molecule has 148 valence electrons. The highest BCUT2D eigenvalue weighted by atomic mass is 16.1. The van der Waals surface area contributed by atoms with Crippen LogP contribution in [0.2, 0.25) is 0 Å². The highest BCUT2D eigenvalue weighted by Gasteiger charge is 2.14. The number of carbonyl (C=O) groups excluding carboxylic acids is 1. The van der Waals surface area contributed by atoms with Gasteiger partial charge in [0.15, 0.2) is 0 Å². The van der Waals surface area contributed by atoms with E-state index in [1.165, 1.54) is 11.3 Å². The van der Waals surface area contributed by atoms with Crippen LogP contribution in [0.3, 0.4) is 0 Å². The molecule has 1 saturated heterocycles. The molecule has 1 aliphatic rings. The van der Waals surface area contributed by atoms with Crippen molar-refractivity contribution in [3.63, 3.8) is 0 Å². The molecular formula is C25H27N3O. The lowest BCUT2D eigenvalue weighted by Gasteiger charge is -2.34. The number of rotatable bonds is 5. The van der Waals surface area contributed by atoms with Gasteiger partial charge in [-0.2, -0.15) is 0 Å². The van der Waals surface area contributed by atoms with E-state index in [4.69, 9.17) is 0 Å². The number of carbonyl (C=O) groups is 1. The summed E-state index contributed by atoms with van der Waals surface area (Å²) in [5.74, 6) is 0.00445. The number of hydrogen-bond donors (Lipinski definition) is 1. The van der Waals surface area contributed by atoms with Gasteiger partial charge in [-0.3, -0.25) is 4.79 Å². The molecule has 3 aromatic rings. The van der Waals surface area contributed by atoms with E-state index in [2.05, 4.69) is 58.6 Å². The Kier molecular flexibility index (Phi) is 5.92. The van der Waals surface area contributed by atoms with Gasteiger partial charge in [0.05, 0.1) is 6.42 Å². The molecule has 4 rings (SSSR count). The van der Waals surface area contributed by atoms with Crippen molar-refractivity contribution in [1.29, 1.82) is 0 Å². The summed E-state index contributed by atoms with van der Waals surface area (Å²) < 4.78 is 0. The molecule has 0 aliphatic carbocycles. The Morgan fingerprint density at radius 2 is 1.41 bits per heavy atom. The third kappa shape index (κ3) is 5.04. The summed E-state index contributed by atoms with van der Waals surface area (Å²) in [6.45, 7) is 4.26. The van der Waals surface area contributed by atoms with Crippen LogP contribution in [0, 0.1) is 0 Å². The third-order valence-corrected chi connectivity index (χ3v) is 5.45. The lowest BCUT2D eigenvalue weighted by atomic mass is 10.0. The summed E-state index contributed by atoms with van der Waals surface area (Å²) >= 11 is 0. The Bertz CT molecular complexity index is 928. The van der Waals surface area contributed by atoms with Gasteiger partial charge in [0.2, 0.25) is 5.91 Å². The number of amides is 1. The second-order valence-corrected chi connectivity index (χ2v) is 7.63. The van der Waals surface area contributed by atoms with Crippen LogP contribution in [0.15, 0.2) is 78.9 Å². The number of anilines is 2. The zero-order chi connectivity index (χ0) is 20.1. The van der Waals surface area contributed by atoms with Crippen LogP contribution in [0.1, 0.15) is 5.56 Å². The van der Waals surface area contributed by atoms with Crippen LogP contribution in [0.25, 0.3) is 11.1 Å². The number of nitrogens with one attached hydrogen (secondary N) is 1. The first-order chi connectivity index (χ1) is 14.2. The molecule has 1 aliphatic heterocycles. The fraction of sp³-hybridized carbons (Fsp3) is 0.240. The smallest absolute Gasteiger partial charge is 0.228 e. The van der Waals surface area contributed by atoms with Crippen molar-refractivity contribution in [2.75, 3.05) is 43.4 Å². The van der Waals surface area contributed by atoms with E-state index in [0.717, 1.165) is 43.0 Å². The lowest BCUT2D eigenvalue weighted by Crippen LogP contribution is -2.44. The van der Waals surface area contributed by atoms with Crippen molar-refractivity contribution >= 4 is 17.3 Å². The first-order valence-electron chi connectivity index (χ1n) is 10.2. The number of piperazine rings is 1. The van der Waals surface area contributed by atoms with Gasteiger partial charge < -0.3 is 15.1 Å². The highest BCUT2D eigenvalue weighted by Crippen LogP contribution is 2.21. The zero-order valence-electron chi connectivity index (χ0n) is 16.8. The van der Waals surface area contributed by atoms with Crippen LogP contribution in [0.4, 0.5) is 11.4 Å². The Labute approximate surface area is 172 Å². The molecule has 1 N–H and O–H groups in total. The first-order valence-corrected chi connectivity index (χ1v) is 10.2. The second kappa shape index (κ2) is 8.93. The predicted molar refractivity (Wildman–Crippen MR) is 120 cm³/mol. The fourth-order valence-corrected chi connectivity index (χ4v) is 3.66. The molecule has 0 aromatic heterocycles. The maximum atomic E-state index is 12.4. The molecule has 0 atom stereocenters. The Hall–Kier alpha value is -3.11. The van der Waals surface area contributed by atoms with Crippen molar-refractivity contribution < 1.29 is 4.79 Å². The van der Waals surface area contributed by atoms with Gasteiger partial charge in [0.25, 0.3) is 0 Å². The minimum atomic E-state index is 0.00445. The maximum absolute atomic E-state index is 12.4. The van der Waals surface area contributed by atoms with Gasteiger partial charge in [-0.05, 0) is 48.0 Å². The van der Waals surface area contributed by atoms with Gasteiger partial charge >= 0.3 is 0 Å². The number of hydrogen-bond acceptors (Lipinski definition) is 3. The Balaban J connectivity index is 1.32. The summed E-state index contributed by atoms with van der Waals surface area (Å²) in [6, 6.07) is 26.6. The van der Waals surface area contributed by atoms with Gasteiger partial charge in [-0.15, -0.1) is 0 Å². The third-order valence-electron chi connectivity index (χ3n) is 5.45. The van der Waals surface area contributed by atoms with E-state index in [1.807, 2.05) is 42.5 Å². The number of likely N-dealkylation sites (N-methyl/N-ethyl adjacent to an activating group) is 1. The predicted octanol–water partition coefficient (Wildman–Crippen LogP) is 4.29. The number of nitrogens with zero attached hydrogens (tertiary/aromatic N) is 2. The molecular weight excluding hydrogens is 358 g/mol. The summed E-state index contributed by atoms with van der Waals surface area (Å²) in [6.07, 6.45) is 0.370. The number of benzene rings is 3. The second-order valence-electron chi connectivity index (χ2n) is 7.63. The van der Waals surface area contributed by atoms with Gasteiger partial charge in [0, 0.05) is 37.6 Å². The molecule has 0 spiro atoms. The van der Waals surface area contributed by atoms with E-state index in [1.54, 1.807) is 0 Å². The Morgan fingerprint density at radius 3 is 2.07 bits per heavy atom. The molecule has 1 amide bonds.